The Hall–Kier alpha value is -3.21. The first-order valence-electron chi connectivity index (χ1n) is 8.57. The highest BCUT2D eigenvalue weighted by atomic mass is 16.2. The predicted molar refractivity (Wildman–Crippen MR) is 102 cm³/mol. The van der Waals surface area contributed by atoms with Crippen LogP contribution in [0.3, 0.4) is 0 Å². The molecule has 0 bridgehead atoms. The fourth-order valence-corrected chi connectivity index (χ4v) is 2.85. The molecule has 0 aliphatic heterocycles. The van der Waals surface area contributed by atoms with Crippen molar-refractivity contribution in [1.82, 2.24) is 14.9 Å². The smallest absolute Gasteiger partial charge is 0.347 e. The molecule has 1 amide bonds. The van der Waals surface area contributed by atoms with E-state index in [1.807, 2.05) is 25.1 Å². The Kier molecular flexibility index (Phi) is 5.59. The number of hydrogen-bond donors (Lipinski definition) is 1. The molecule has 132 valence electrons. The third-order valence-corrected chi connectivity index (χ3v) is 4.11. The van der Waals surface area contributed by atoms with Gasteiger partial charge in [0.2, 0.25) is 5.91 Å². The normalized spacial score (nSPS) is 11.7. The van der Waals surface area contributed by atoms with Crippen LogP contribution in [0, 0.1) is 0 Å². The van der Waals surface area contributed by atoms with Gasteiger partial charge >= 0.3 is 5.69 Å². The van der Waals surface area contributed by atoms with Crippen LogP contribution >= 0.6 is 0 Å². The van der Waals surface area contributed by atoms with Crippen LogP contribution in [0.2, 0.25) is 0 Å². The van der Waals surface area contributed by atoms with E-state index in [-0.39, 0.29) is 18.5 Å². The summed E-state index contributed by atoms with van der Waals surface area (Å²) in [5.74, 6) is -0.200. The van der Waals surface area contributed by atoms with E-state index in [1.54, 1.807) is 12.3 Å². The summed E-state index contributed by atoms with van der Waals surface area (Å²) in [7, 11) is 0. The van der Waals surface area contributed by atoms with Gasteiger partial charge in [-0.15, -0.1) is 0 Å². The lowest BCUT2D eigenvalue weighted by Gasteiger charge is -2.15. The molecule has 5 nitrogen and oxygen atoms in total. The quantitative estimate of drug-likeness (QED) is 0.746. The number of carbonyl (C=O) groups excluding carboxylic acids is 1. The maximum atomic E-state index is 12.1. The Bertz CT molecular complexity index is 918. The van der Waals surface area contributed by atoms with Crippen molar-refractivity contribution >= 4 is 5.91 Å². The average Bonchev–Trinajstić information content (AvgIpc) is 2.65. The molecule has 0 spiro atoms. The predicted octanol–water partition coefficient (Wildman–Crippen LogP) is 2.66. The number of rotatable bonds is 6. The summed E-state index contributed by atoms with van der Waals surface area (Å²) in [5.41, 5.74) is 3.08. The molecule has 5 heteroatoms. The van der Waals surface area contributed by atoms with Gasteiger partial charge in [-0.3, -0.25) is 9.36 Å². The third-order valence-electron chi connectivity index (χ3n) is 4.11. The number of benzene rings is 2. The summed E-state index contributed by atoms with van der Waals surface area (Å²) < 4.78 is 1.29. The summed E-state index contributed by atoms with van der Waals surface area (Å²) >= 11 is 0. The summed E-state index contributed by atoms with van der Waals surface area (Å²) in [4.78, 5) is 27.3. The zero-order valence-corrected chi connectivity index (χ0v) is 14.6. The number of hydrogen-bond acceptors (Lipinski definition) is 3. The van der Waals surface area contributed by atoms with E-state index in [4.69, 9.17) is 0 Å². The minimum Gasteiger partial charge on any atom is -0.352 e. The molecular weight excluding hydrogens is 326 g/mol. The summed E-state index contributed by atoms with van der Waals surface area (Å²) in [6, 6.07) is 20.2. The van der Waals surface area contributed by atoms with Gasteiger partial charge in [-0.05, 0) is 36.1 Å². The molecule has 1 atom stereocenters. The van der Waals surface area contributed by atoms with Crippen molar-refractivity contribution in [3.8, 4) is 11.1 Å². The second-order valence-electron chi connectivity index (χ2n) is 6.27. The van der Waals surface area contributed by atoms with Gasteiger partial charge in [0.1, 0.15) is 6.54 Å². The topological polar surface area (TPSA) is 64.0 Å². The van der Waals surface area contributed by atoms with Crippen molar-refractivity contribution in [3.63, 3.8) is 0 Å². The SMILES string of the molecule is C[C@@H](Cc1ccc(-c2ccccc2)cc1)NC(=O)Cn1cccnc1=O. The second kappa shape index (κ2) is 8.25. The maximum Gasteiger partial charge on any atom is 0.347 e. The minimum atomic E-state index is -0.424. The summed E-state index contributed by atoms with van der Waals surface area (Å²) in [6.45, 7) is 1.93. The molecule has 1 aromatic heterocycles. The molecule has 0 aliphatic carbocycles. The van der Waals surface area contributed by atoms with E-state index < -0.39 is 5.69 Å². The molecule has 0 radical (unpaired) electrons. The van der Waals surface area contributed by atoms with E-state index in [0.29, 0.717) is 0 Å². The molecule has 0 saturated carbocycles. The molecule has 0 aliphatic rings. The monoisotopic (exact) mass is 347 g/mol. The average molecular weight is 347 g/mol. The van der Waals surface area contributed by atoms with Crippen LogP contribution in [0.25, 0.3) is 11.1 Å². The van der Waals surface area contributed by atoms with Crippen LogP contribution in [0.15, 0.2) is 77.9 Å². The summed E-state index contributed by atoms with van der Waals surface area (Å²) in [5, 5.41) is 2.92. The van der Waals surface area contributed by atoms with Gasteiger partial charge in [0.15, 0.2) is 0 Å². The fourth-order valence-electron chi connectivity index (χ4n) is 2.85. The number of aromatic nitrogens is 2. The van der Waals surface area contributed by atoms with Crippen molar-refractivity contribution in [1.29, 1.82) is 0 Å². The molecule has 0 saturated heterocycles. The highest BCUT2D eigenvalue weighted by Gasteiger charge is 2.10. The Labute approximate surface area is 152 Å². The van der Waals surface area contributed by atoms with E-state index in [2.05, 4.69) is 46.7 Å². The van der Waals surface area contributed by atoms with Crippen LogP contribution in [-0.2, 0) is 17.8 Å². The molecule has 1 N–H and O–H groups in total. The van der Waals surface area contributed by atoms with Gasteiger partial charge < -0.3 is 5.32 Å². The zero-order chi connectivity index (χ0) is 18.4. The zero-order valence-electron chi connectivity index (χ0n) is 14.6. The van der Waals surface area contributed by atoms with Crippen LogP contribution in [0.4, 0.5) is 0 Å². The summed E-state index contributed by atoms with van der Waals surface area (Å²) in [6.07, 6.45) is 3.70. The first kappa shape index (κ1) is 17.6. The second-order valence-corrected chi connectivity index (χ2v) is 6.27. The van der Waals surface area contributed by atoms with Gasteiger partial charge in [0.05, 0.1) is 0 Å². The van der Waals surface area contributed by atoms with Gasteiger partial charge in [-0.1, -0.05) is 54.6 Å². The van der Waals surface area contributed by atoms with Crippen LogP contribution in [0.5, 0.6) is 0 Å². The van der Waals surface area contributed by atoms with Crippen molar-refractivity contribution in [3.05, 3.63) is 89.1 Å². The maximum absolute atomic E-state index is 12.1. The van der Waals surface area contributed by atoms with Crippen molar-refractivity contribution in [2.75, 3.05) is 0 Å². The number of amides is 1. The Balaban J connectivity index is 1.56. The van der Waals surface area contributed by atoms with E-state index >= 15 is 0 Å². The Morgan fingerprint density at radius 1 is 1.04 bits per heavy atom. The van der Waals surface area contributed by atoms with E-state index in [9.17, 15) is 9.59 Å². The molecule has 3 rings (SSSR count). The third kappa shape index (κ3) is 4.66. The number of nitrogens with zero attached hydrogens (tertiary/aromatic N) is 2. The van der Waals surface area contributed by atoms with Gasteiger partial charge in [0, 0.05) is 18.4 Å². The van der Waals surface area contributed by atoms with Gasteiger partial charge in [-0.25, -0.2) is 9.78 Å². The Morgan fingerprint density at radius 2 is 1.73 bits per heavy atom. The first-order chi connectivity index (χ1) is 12.6. The number of nitrogens with one attached hydrogen (secondary N) is 1. The minimum absolute atomic E-state index is 0.0239. The van der Waals surface area contributed by atoms with Crippen LogP contribution < -0.4 is 11.0 Å². The molecular formula is C21H21N3O2. The highest BCUT2D eigenvalue weighted by Crippen LogP contribution is 2.19. The molecule has 3 aromatic rings. The largest absolute Gasteiger partial charge is 0.352 e. The van der Waals surface area contributed by atoms with Crippen molar-refractivity contribution in [2.24, 2.45) is 0 Å². The molecule has 1 heterocycles. The molecule has 0 unspecified atom stereocenters. The standard InChI is InChI=1S/C21H21N3O2/c1-16(23-20(25)15-24-13-5-12-22-21(24)26)14-17-8-10-19(11-9-17)18-6-3-2-4-7-18/h2-13,16H,14-15H2,1H3,(H,23,25)/t16-/m0/s1. The first-order valence-corrected chi connectivity index (χ1v) is 8.57. The lowest BCUT2D eigenvalue weighted by Crippen LogP contribution is -2.38. The van der Waals surface area contributed by atoms with Gasteiger partial charge in [0.25, 0.3) is 0 Å². The van der Waals surface area contributed by atoms with Crippen molar-refractivity contribution < 1.29 is 4.79 Å². The molecule has 0 fully saturated rings. The van der Waals surface area contributed by atoms with Crippen LogP contribution in [0.1, 0.15) is 12.5 Å². The Morgan fingerprint density at radius 3 is 2.42 bits per heavy atom. The highest BCUT2D eigenvalue weighted by molar-refractivity contribution is 5.76. The van der Waals surface area contributed by atoms with Crippen molar-refractivity contribution in [2.45, 2.75) is 25.9 Å². The molecule has 2 aromatic carbocycles. The fraction of sp³-hybridized carbons (Fsp3) is 0.190. The molecule has 26 heavy (non-hydrogen) atoms. The van der Waals surface area contributed by atoms with E-state index in [1.165, 1.54) is 21.9 Å². The number of carbonyl (C=O) groups is 1. The van der Waals surface area contributed by atoms with E-state index in [0.717, 1.165) is 12.0 Å². The lowest BCUT2D eigenvalue weighted by atomic mass is 10.0. The van der Waals surface area contributed by atoms with Crippen LogP contribution in [-0.4, -0.2) is 21.5 Å². The van der Waals surface area contributed by atoms with Gasteiger partial charge in [-0.2, -0.15) is 0 Å². The lowest BCUT2D eigenvalue weighted by molar-refractivity contribution is -0.122.